The monoisotopic (exact) mass is 467 g/mol. The predicted molar refractivity (Wildman–Crippen MR) is 140 cm³/mol. The number of carboxylic acid groups (broad SMARTS) is 1. The van der Waals surface area contributed by atoms with Crippen molar-refractivity contribution in [3.05, 3.63) is 11.6 Å². The molecule has 0 aliphatic heterocycles. The molecule has 0 aromatic rings. The second-order valence-corrected chi connectivity index (χ2v) is 13.3. The third kappa shape index (κ3) is 4.44. The van der Waals surface area contributed by atoms with Gasteiger partial charge in [-0.15, -0.1) is 6.42 Å². The lowest BCUT2D eigenvalue weighted by molar-refractivity contribution is -0.0538. The second kappa shape index (κ2) is 9.91. The molecule has 0 saturated heterocycles. The molecule has 34 heavy (non-hydrogen) atoms. The van der Waals surface area contributed by atoms with Crippen LogP contribution in [0.1, 0.15) is 105 Å². The summed E-state index contributed by atoms with van der Waals surface area (Å²) in [4.78, 5) is 13.3. The van der Waals surface area contributed by atoms with Crippen molar-refractivity contribution in [2.45, 2.75) is 111 Å². The maximum Gasteiger partial charge on any atom is 0.408 e. The summed E-state index contributed by atoms with van der Waals surface area (Å²) in [5.41, 5.74) is 2.31. The van der Waals surface area contributed by atoms with Gasteiger partial charge in [-0.2, -0.15) is 0 Å². The molecule has 3 fully saturated rings. The molecule has 3 saturated carbocycles. The summed E-state index contributed by atoms with van der Waals surface area (Å²) in [6.07, 6.45) is 21.1. The minimum Gasteiger partial charge on any atom is -0.465 e. The van der Waals surface area contributed by atoms with Crippen molar-refractivity contribution in [2.24, 2.45) is 46.3 Å². The highest BCUT2D eigenvalue weighted by molar-refractivity contribution is 5.66. The largest absolute Gasteiger partial charge is 0.465 e. The number of nitrogens with zero attached hydrogens (tertiary/aromatic N) is 1. The molecule has 1 N–H and O–H groups in total. The molecular weight excluding hydrogens is 418 g/mol. The minimum absolute atomic E-state index is 0.0424. The topological polar surface area (TPSA) is 40.5 Å². The lowest BCUT2D eigenvalue weighted by Crippen LogP contribution is -2.52. The van der Waals surface area contributed by atoms with Crippen molar-refractivity contribution in [3.63, 3.8) is 0 Å². The number of amides is 1. The Morgan fingerprint density at radius 3 is 2.59 bits per heavy atom. The molecule has 0 aromatic heterocycles. The van der Waals surface area contributed by atoms with Gasteiger partial charge in [-0.1, -0.05) is 71.5 Å². The average molecular weight is 468 g/mol. The van der Waals surface area contributed by atoms with E-state index in [0.717, 1.165) is 54.8 Å². The molecule has 190 valence electrons. The predicted octanol–water partition coefficient (Wildman–Crippen LogP) is 8.01. The van der Waals surface area contributed by atoms with Gasteiger partial charge in [0, 0.05) is 6.04 Å². The number of fused-ring (bicyclic) bond motifs is 5. The summed E-state index contributed by atoms with van der Waals surface area (Å²) < 4.78 is 0. The van der Waals surface area contributed by atoms with E-state index in [1.54, 1.807) is 0 Å². The SMILES string of the molecule is C#CCN(C(=O)O)C1CC[C@@]2(C)C(=CCC3C2CC[C@@]2(C)C3CC[C@@H]2[C@H](C)CCCC(C)C)C1. The standard InChI is InChI=1S/C31H49NO2/c1-7-19-32(29(33)34)24-15-17-30(5)23(20-24)11-12-25-27-14-13-26(22(4)10-8-9-21(2)3)31(27,6)18-16-28(25)30/h1,11,21-22,24-28H,8-10,12-20H2,2-6H3,(H,33,34)/t22-,24?,25?,26-,27?,28?,30+,31-/m1/s1. The zero-order valence-electron chi connectivity index (χ0n) is 22.5. The summed E-state index contributed by atoms with van der Waals surface area (Å²) in [7, 11) is 0. The molecule has 4 aliphatic rings. The van der Waals surface area contributed by atoms with Crippen molar-refractivity contribution < 1.29 is 9.90 Å². The molecular formula is C31H49NO2. The Balaban J connectivity index is 1.48. The van der Waals surface area contributed by atoms with Gasteiger partial charge in [0.05, 0.1) is 6.54 Å². The van der Waals surface area contributed by atoms with E-state index in [1.165, 1.54) is 61.8 Å². The number of hydrogen-bond donors (Lipinski definition) is 1. The molecule has 0 bridgehead atoms. The van der Waals surface area contributed by atoms with Crippen LogP contribution in [0.5, 0.6) is 0 Å². The number of rotatable bonds is 7. The number of allylic oxidation sites excluding steroid dienone is 1. The quantitative estimate of drug-likeness (QED) is 0.304. The summed E-state index contributed by atoms with van der Waals surface area (Å²) in [5.74, 6) is 7.59. The molecule has 4 unspecified atom stereocenters. The van der Waals surface area contributed by atoms with E-state index < -0.39 is 6.09 Å². The van der Waals surface area contributed by atoms with Gasteiger partial charge in [0.2, 0.25) is 0 Å². The van der Waals surface area contributed by atoms with Crippen LogP contribution in [0, 0.1) is 58.7 Å². The first-order valence-corrected chi connectivity index (χ1v) is 14.2. The van der Waals surface area contributed by atoms with Crippen molar-refractivity contribution >= 4 is 6.09 Å². The van der Waals surface area contributed by atoms with Crippen LogP contribution in [0.15, 0.2) is 11.6 Å². The van der Waals surface area contributed by atoms with Crippen LogP contribution in [0.4, 0.5) is 4.79 Å². The third-order valence-corrected chi connectivity index (χ3v) is 11.2. The van der Waals surface area contributed by atoms with Crippen LogP contribution in [0.3, 0.4) is 0 Å². The van der Waals surface area contributed by atoms with Crippen LogP contribution in [-0.4, -0.2) is 28.7 Å². The fourth-order valence-electron chi connectivity index (χ4n) is 9.38. The Morgan fingerprint density at radius 2 is 1.91 bits per heavy atom. The maximum absolute atomic E-state index is 11.8. The van der Waals surface area contributed by atoms with Crippen LogP contribution in [0.2, 0.25) is 0 Å². The van der Waals surface area contributed by atoms with Crippen molar-refractivity contribution in [2.75, 3.05) is 6.54 Å². The van der Waals surface area contributed by atoms with Gasteiger partial charge in [0.25, 0.3) is 0 Å². The highest BCUT2D eigenvalue weighted by Gasteiger charge is 2.59. The molecule has 0 radical (unpaired) electrons. The Kier molecular flexibility index (Phi) is 7.48. The third-order valence-electron chi connectivity index (χ3n) is 11.2. The normalized spacial score (nSPS) is 39.9. The van der Waals surface area contributed by atoms with E-state index in [2.05, 4.69) is 46.6 Å². The van der Waals surface area contributed by atoms with Gasteiger partial charge in [-0.3, -0.25) is 4.90 Å². The van der Waals surface area contributed by atoms with Crippen molar-refractivity contribution in [1.29, 1.82) is 0 Å². The molecule has 4 aliphatic carbocycles. The number of carbonyl (C=O) groups is 1. The lowest BCUT2D eigenvalue weighted by atomic mass is 9.46. The molecule has 0 heterocycles. The highest BCUT2D eigenvalue weighted by Crippen LogP contribution is 2.67. The first kappa shape index (κ1) is 25.7. The average Bonchev–Trinajstić information content (AvgIpc) is 3.14. The van der Waals surface area contributed by atoms with Crippen LogP contribution in [-0.2, 0) is 0 Å². The van der Waals surface area contributed by atoms with E-state index in [1.807, 2.05) is 0 Å². The van der Waals surface area contributed by atoms with E-state index >= 15 is 0 Å². The first-order chi connectivity index (χ1) is 16.1. The van der Waals surface area contributed by atoms with Gasteiger partial charge >= 0.3 is 6.09 Å². The highest BCUT2D eigenvalue weighted by atomic mass is 16.4. The van der Waals surface area contributed by atoms with Gasteiger partial charge < -0.3 is 5.11 Å². The van der Waals surface area contributed by atoms with Gasteiger partial charge in [-0.25, -0.2) is 4.79 Å². The maximum atomic E-state index is 11.8. The smallest absolute Gasteiger partial charge is 0.408 e. The zero-order chi connectivity index (χ0) is 24.7. The Morgan fingerprint density at radius 1 is 1.15 bits per heavy atom. The van der Waals surface area contributed by atoms with Crippen molar-refractivity contribution in [1.82, 2.24) is 4.90 Å². The molecule has 3 nitrogen and oxygen atoms in total. The van der Waals surface area contributed by atoms with Crippen LogP contribution in [0.25, 0.3) is 0 Å². The summed E-state index contributed by atoms with van der Waals surface area (Å²) in [5, 5.41) is 9.70. The number of hydrogen-bond acceptors (Lipinski definition) is 1. The van der Waals surface area contributed by atoms with Gasteiger partial charge in [0.1, 0.15) is 0 Å². The fraction of sp³-hybridized carbons (Fsp3) is 0.839. The summed E-state index contributed by atoms with van der Waals surface area (Å²) in [6.45, 7) is 12.6. The van der Waals surface area contributed by atoms with E-state index in [9.17, 15) is 9.90 Å². The Labute approximate surface area is 209 Å². The molecule has 3 heteroatoms. The molecule has 0 aromatic carbocycles. The first-order valence-electron chi connectivity index (χ1n) is 14.2. The van der Waals surface area contributed by atoms with Crippen LogP contribution < -0.4 is 0 Å². The Hall–Kier alpha value is -1.43. The van der Waals surface area contributed by atoms with Crippen LogP contribution >= 0.6 is 0 Å². The molecule has 8 atom stereocenters. The second-order valence-electron chi connectivity index (χ2n) is 13.3. The van der Waals surface area contributed by atoms with Gasteiger partial charge in [0.15, 0.2) is 0 Å². The fourth-order valence-corrected chi connectivity index (χ4v) is 9.38. The van der Waals surface area contributed by atoms with E-state index in [-0.39, 0.29) is 18.0 Å². The van der Waals surface area contributed by atoms with E-state index in [4.69, 9.17) is 6.42 Å². The zero-order valence-corrected chi connectivity index (χ0v) is 22.5. The van der Waals surface area contributed by atoms with Gasteiger partial charge in [-0.05, 0) is 97.7 Å². The number of terminal acetylenes is 1. The molecule has 0 spiro atoms. The lowest BCUT2D eigenvalue weighted by Gasteiger charge is -2.59. The molecule has 1 amide bonds. The Bertz CT molecular complexity index is 824. The van der Waals surface area contributed by atoms with E-state index in [0.29, 0.717) is 5.41 Å². The molecule has 4 rings (SSSR count). The summed E-state index contributed by atoms with van der Waals surface area (Å²) >= 11 is 0. The summed E-state index contributed by atoms with van der Waals surface area (Å²) in [6, 6.07) is 0.0424. The minimum atomic E-state index is -0.867. The van der Waals surface area contributed by atoms with Crippen molar-refractivity contribution in [3.8, 4) is 12.3 Å².